The molecule has 34 heavy (non-hydrogen) atoms. The van der Waals surface area contributed by atoms with Crippen LogP contribution in [0, 0.1) is 0 Å². The first-order valence-corrected chi connectivity index (χ1v) is 12.7. The summed E-state index contributed by atoms with van der Waals surface area (Å²) in [6.45, 7) is 13.2. The van der Waals surface area contributed by atoms with Crippen molar-refractivity contribution in [1.82, 2.24) is 0 Å². The molecular weight excluding hydrogens is 420 g/mol. The van der Waals surface area contributed by atoms with Crippen molar-refractivity contribution >= 4 is 12.0 Å². The van der Waals surface area contributed by atoms with Crippen LogP contribution in [0.5, 0.6) is 5.75 Å². The van der Waals surface area contributed by atoms with Crippen LogP contribution in [0.2, 0.25) is 0 Å². The molecule has 0 aromatic heterocycles. The van der Waals surface area contributed by atoms with E-state index in [0.717, 1.165) is 38.5 Å². The van der Waals surface area contributed by atoms with Gasteiger partial charge in [0.2, 0.25) is 0 Å². The Labute approximate surface area is 211 Å². The van der Waals surface area contributed by atoms with Gasteiger partial charge in [-0.05, 0) is 69.8 Å². The minimum atomic E-state index is 0.249. The van der Waals surface area contributed by atoms with Crippen LogP contribution in [0.1, 0.15) is 92.9 Å². The summed E-state index contributed by atoms with van der Waals surface area (Å²) >= 11 is 0. The maximum absolute atomic E-state index is 9.17. The number of nitrogens with two attached hydrogens (primary N) is 2. The largest absolute Gasteiger partial charge is 0.508 e. The summed E-state index contributed by atoms with van der Waals surface area (Å²) in [5.41, 5.74) is 11.0. The number of unbranched alkanes of at least 4 members (excludes halogenated alkanes) is 1. The SMILES string of the molecule is C/C=C\C/C=C\C/C=C\C/C=C\CCC.CCC.CCC=O.CCCN.Nc1ccc(O)cc1. The lowest BCUT2D eigenvalue weighted by molar-refractivity contribution is -0.107. The number of nitrogen functional groups attached to an aromatic ring is 1. The number of benzene rings is 1. The first-order chi connectivity index (χ1) is 16.4. The van der Waals surface area contributed by atoms with E-state index in [9.17, 15) is 4.79 Å². The fourth-order valence-corrected chi connectivity index (χ4v) is 1.61. The molecule has 0 amide bonds. The third-order valence-electron chi connectivity index (χ3n) is 3.36. The van der Waals surface area contributed by atoms with Crippen molar-refractivity contribution in [1.29, 1.82) is 0 Å². The van der Waals surface area contributed by atoms with E-state index in [1.165, 1.54) is 19.3 Å². The molecule has 0 saturated heterocycles. The number of hydrogen-bond donors (Lipinski definition) is 3. The summed E-state index contributed by atoms with van der Waals surface area (Å²) in [6.07, 6.45) is 27.1. The van der Waals surface area contributed by atoms with E-state index >= 15 is 0 Å². The molecule has 5 N–H and O–H groups in total. The summed E-state index contributed by atoms with van der Waals surface area (Å²) in [5, 5.41) is 8.70. The zero-order valence-electron chi connectivity index (χ0n) is 22.9. The Morgan fingerprint density at radius 3 is 1.44 bits per heavy atom. The zero-order chi connectivity index (χ0) is 26.7. The number of carbonyl (C=O) groups excluding carboxylic acids is 1. The molecule has 0 aliphatic rings. The number of phenolic OH excluding ortho intramolecular Hbond substituents is 1. The van der Waals surface area contributed by atoms with Gasteiger partial charge in [0.15, 0.2) is 0 Å². The zero-order valence-corrected chi connectivity index (χ0v) is 22.9. The normalized spacial score (nSPS) is 9.97. The number of aldehydes is 1. The van der Waals surface area contributed by atoms with Crippen molar-refractivity contribution in [3.8, 4) is 5.75 Å². The smallest absolute Gasteiger partial charge is 0.119 e. The molecule has 0 aliphatic heterocycles. The van der Waals surface area contributed by atoms with Crippen molar-refractivity contribution in [3.63, 3.8) is 0 Å². The molecule has 0 aliphatic carbocycles. The molecule has 0 radical (unpaired) electrons. The Morgan fingerprint density at radius 2 is 1.15 bits per heavy atom. The van der Waals surface area contributed by atoms with E-state index in [1.807, 2.05) is 6.92 Å². The average molecular weight is 475 g/mol. The second-order valence-electron chi connectivity index (χ2n) is 7.14. The number of carbonyl (C=O) groups is 1. The van der Waals surface area contributed by atoms with Gasteiger partial charge in [-0.15, -0.1) is 0 Å². The van der Waals surface area contributed by atoms with Crippen LogP contribution in [0.25, 0.3) is 0 Å². The summed E-state index contributed by atoms with van der Waals surface area (Å²) in [4.78, 5) is 9.17. The Bertz CT molecular complexity index is 565. The van der Waals surface area contributed by atoms with Gasteiger partial charge in [-0.25, -0.2) is 0 Å². The lowest BCUT2D eigenvalue weighted by Crippen LogP contribution is -1.93. The average Bonchev–Trinajstić information content (AvgIpc) is 2.85. The van der Waals surface area contributed by atoms with E-state index in [1.54, 1.807) is 24.3 Å². The van der Waals surface area contributed by atoms with Crippen molar-refractivity contribution in [2.45, 2.75) is 92.9 Å². The van der Waals surface area contributed by atoms with Crippen molar-refractivity contribution in [2.75, 3.05) is 12.3 Å². The standard InChI is InChI=1S/C15H24.C6H7NO.C3H9N.C3H6O.C3H8/c1-3-5-7-9-11-13-15-14-12-10-8-6-4-2;7-5-1-3-6(8)4-2-5;2*1-2-3-4;1-3-2/h3,5,8-11,14-15H,4,6-7,12-13H2,1-2H3;1-4,8H,7H2;2-4H2,1H3;3H,2H2,1H3;3H2,1-2H3/b5-3-,10-8-,11-9-,15-14-;;;;. The maximum Gasteiger partial charge on any atom is 0.119 e. The fraction of sp³-hybridized carbons (Fsp3) is 0.500. The van der Waals surface area contributed by atoms with Crippen LogP contribution in [-0.4, -0.2) is 17.9 Å². The monoisotopic (exact) mass is 474 g/mol. The van der Waals surface area contributed by atoms with E-state index in [-0.39, 0.29) is 5.75 Å². The molecule has 1 aromatic carbocycles. The van der Waals surface area contributed by atoms with Gasteiger partial charge in [0.05, 0.1) is 0 Å². The number of anilines is 1. The van der Waals surface area contributed by atoms with Gasteiger partial charge in [0, 0.05) is 12.1 Å². The number of rotatable bonds is 10. The summed E-state index contributed by atoms with van der Waals surface area (Å²) < 4.78 is 0. The minimum Gasteiger partial charge on any atom is -0.508 e. The molecule has 0 bridgehead atoms. The molecule has 1 rings (SSSR count). The Morgan fingerprint density at radius 1 is 0.765 bits per heavy atom. The highest BCUT2D eigenvalue weighted by atomic mass is 16.3. The molecule has 0 atom stereocenters. The molecule has 0 unspecified atom stereocenters. The summed E-state index contributed by atoms with van der Waals surface area (Å²) in [5.74, 6) is 0.249. The van der Waals surface area contributed by atoms with Gasteiger partial charge >= 0.3 is 0 Å². The van der Waals surface area contributed by atoms with Gasteiger partial charge in [-0.1, -0.05) is 96.1 Å². The molecule has 0 saturated carbocycles. The molecule has 0 spiro atoms. The van der Waals surface area contributed by atoms with Crippen LogP contribution in [0.4, 0.5) is 5.69 Å². The highest BCUT2D eigenvalue weighted by molar-refractivity contribution is 5.48. The minimum absolute atomic E-state index is 0.249. The molecule has 1 aromatic rings. The quantitative estimate of drug-likeness (QED) is 0.137. The Kier molecular flexibility index (Phi) is 46.3. The van der Waals surface area contributed by atoms with E-state index in [0.29, 0.717) is 12.1 Å². The van der Waals surface area contributed by atoms with Gasteiger partial charge in [-0.3, -0.25) is 0 Å². The van der Waals surface area contributed by atoms with Crippen molar-refractivity contribution in [2.24, 2.45) is 5.73 Å². The molecule has 4 heteroatoms. The molecule has 0 heterocycles. The number of hydrogen-bond acceptors (Lipinski definition) is 4. The van der Waals surface area contributed by atoms with Gasteiger partial charge in [-0.2, -0.15) is 0 Å². The van der Waals surface area contributed by atoms with E-state index < -0.39 is 0 Å². The summed E-state index contributed by atoms with van der Waals surface area (Å²) in [6, 6.07) is 6.40. The fourth-order valence-electron chi connectivity index (χ4n) is 1.61. The van der Waals surface area contributed by atoms with Gasteiger partial charge in [0.1, 0.15) is 12.0 Å². The second kappa shape index (κ2) is 40.7. The third kappa shape index (κ3) is 51.8. The van der Waals surface area contributed by atoms with Crippen LogP contribution in [0.15, 0.2) is 72.9 Å². The second-order valence-corrected chi connectivity index (χ2v) is 7.14. The first-order valence-electron chi connectivity index (χ1n) is 12.7. The highest BCUT2D eigenvalue weighted by Crippen LogP contribution is 2.09. The summed E-state index contributed by atoms with van der Waals surface area (Å²) in [7, 11) is 0. The third-order valence-corrected chi connectivity index (χ3v) is 3.36. The van der Waals surface area contributed by atoms with Crippen LogP contribution in [-0.2, 0) is 4.79 Å². The highest BCUT2D eigenvalue weighted by Gasteiger charge is 1.82. The number of phenols is 1. The van der Waals surface area contributed by atoms with Crippen LogP contribution >= 0.6 is 0 Å². The molecule has 196 valence electrons. The molecule has 4 nitrogen and oxygen atoms in total. The predicted octanol–water partition coefficient (Wildman–Crippen LogP) is 8.54. The maximum atomic E-state index is 9.17. The van der Waals surface area contributed by atoms with E-state index in [2.05, 4.69) is 83.2 Å². The molecule has 0 fully saturated rings. The van der Waals surface area contributed by atoms with E-state index in [4.69, 9.17) is 16.6 Å². The topological polar surface area (TPSA) is 89.3 Å². The molecular formula is C30H54N2O2. The van der Waals surface area contributed by atoms with Gasteiger partial charge in [0.25, 0.3) is 0 Å². The van der Waals surface area contributed by atoms with Crippen LogP contribution in [0.3, 0.4) is 0 Å². The van der Waals surface area contributed by atoms with Crippen LogP contribution < -0.4 is 11.5 Å². The predicted molar refractivity (Wildman–Crippen MR) is 155 cm³/mol. The Balaban J connectivity index is -0.000000196. The number of aromatic hydroxyl groups is 1. The van der Waals surface area contributed by atoms with Gasteiger partial charge < -0.3 is 21.4 Å². The first kappa shape index (κ1) is 38.7. The lowest BCUT2D eigenvalue weighted by atomic mass is 10.2. The number of allylic oxidation sites excluding steroid dienone is 8. The lowest BCUT2D eigenvalue weighted by Gasteiger charge is -1.89. The Hall–Kier alpha value is -2.59. The van der Waals surface area contributed by atoms with Crippen molar-refractivity contribution in [3.05, 3.63) is 72.9 Å². The van der Waals surface area contributed by atoms with Crippen molar-refractivity contribution < 1.29 is 9.90 Å².